The molecule has 0 bridgehead atoms. The zero-order chi connectivity index (χ0) is 19.2. The highest BCUT2D eigenvalue weighted by atomic mass is 14.7. The first kappa shape index (κ1) is 18.8. The molecule has 0 saturated heterocycles. The lowest BCUT2D eigenvalue weighted by molar-refractivity contribution is 0.670. The summed E-state index contributed by atoms with van der Waals surface area (Å²) in [6.07, 6.45) is 14.5. The minimum Gasteiger partial charge on any atom is -0.256 e. The maximum Gasteiger partial charge on any atom is 0.0731 e. The SMILES string of the molecule is C=C/C=C\C1=CC(CC(=C)c2ccc(-c3ncccc3C)cc2)CC=C1C. The van der Waals surface area contributed by atoms with Gasteiger partial charge in [0.15, 0.2) is 0 Å². The Morgan fingerprint density at radius 2 is 1.96 bits per heavy atom. The van der Waals surface area contributed by atoms with Crippen molar-refractivity contribution in [2.24, 2.45) is 5.92 Å². The van der Waals surface area contributed by atoms with E-state index in [0.717, 1.165) is 24.1 Å². The van der Waals surface area contributed by atoms with Crippen molar-refractivity contribution in [1.82, 2.24) is 4.98 Å². The largest absolute Gasteiger partial charge is 0.256 e. The normalized spacial score (nSPS) is 16.7. The van der Waals surface area contributed by atoms with Gasteiger partial charge in [-0.05, 0) is 66.5 Å². The van der Waals surface area contributed by atoms with E-state index in [1.807, 2.05) is 24.4 Å². The van der Waals surface area contributed by atoms with Crippen LogP contribution in [0, 0.1) is 12.8 Å². The van der Waals surface area contributed by atoms with Crippen LogP contribution in [-0.4, -0.2) is 4.98 Å². The van der Waals surface area contributed by atoms with Gasteiger partial charge in [0.05, 0.1) is 5.69 Å². The molecule has 1 aromatic heterocycles. The van der Waals surface area contributed by atoms with E-state index in [-0.39, 0.29) is 0 Å². The first-order valence-electron chi connectivity index (χ1n) is 9.46. The lowest BCUT2D eigenvalue weighted by atomic mass is 9.85. The van der Waals surface area contributed by atoms with E-state index in [4.69, 9.17) is 0 Å². The summed E-state index contributed by atoms with van der Waals surface area (Å²) in [7, 11) is 0. The molecule has 3 rings (SSSR count). The smallest absolute Gasteiger partial charge is 0.0731 e. The molecule has 1 heteroatoms. The number of aromatic nitrogens is 1. The molecule has 0 saturated carbocycles. The van der Waals surface area contributed by atoms with Crippen LogP contribution in [0.4, 0.5) is 0 Å². The molecule has 0 radical (unpaired) electrons. The predicted octanol–water partition coefficient (Wildman–Crippen LogP) is 7.10. The molecule has 1 atom stereocenters. The van der Waals surface area contributed by atoms with Crippen molar-refractivity contribution < 1.29 is 0 Å². The van der Waals surface area contributed by atoms with Crippen molar-refractivity contribution in [2.75, 3.05) is 0 Å². The molecule has 1 aliphatic carbocycles. The lowest BCUT2D eigenvalue weighted by Gasteiger charge is -2.20. The molecule has 0 fully saturated rings. The van der Waals surface area contributed by atoms with Crippen LogP contribution >= 0.6 is 0 Å². The Hall–Kier alpha value is -2.93. The van der Waals surface area contributed by atoms with Crippen molar-refractivity contribution in [3.8, 4) is 11.3 Å². The van der Waals surface area contributed by atoms with Crippen LogP contribution in [0.2, 0.25) is 0 Å². The van der Waals surface area contributed by atoms with Crippen molar-refractivity contribution in [2.45, 2.75) is 26.7 Å². The third-order valence-electron chi connectivity index (χ3n) is 5.09. The zero-order valence-electron chi connectivity index (χ0n) is 16.3. The highest BCUT2D eigenvalue weighted by molar-refractivity contribution is 5.69. The fourth-order valence-electron chi connectivity index (χ4n) is 3.49. The minimum atomic E-state index is 0.489. The van der Waals surface area contributed by atoms with Gasteiger partial charge in [-0.25, -0.2) is 0 Å². The number of nitrogens with zero attached hydrogens (tertiary/aromatic N) is 1. The van der Waals surface area contributed by atoms with Crippen LogP contribution in [0.15, 0.2) is 97.3 Å². The number of hydrogen-bond acceptors (Lipinski definition) is 1. The highest BCUT2D eigenvalue weighted by Gasteiger charge is 2.14. The monoisotopic (exact) mass is 353 g/mol. The molecule has 1 heterocycles. The Morgan fingerprint density at radius 1 is 1.19 bits per heavy atom. The topological polar surface area (TPSA) is 12.9 Å². The second-order valence-corrected chi connectivity index (χ2v) is 7.15. The predicted molar refractivity (Wildman–Crippen MR) is 117 cm³/mol. The third-order valence-corrected chi connectivity index (χ3v) is 5.09. The number of rotatable bonds is 6. The van der Waals surface area contributed by atoms with Gasteiger partial charge in [0.25, 0.3) is 0 Å². The van der Waals surface area contributed by atoms with Crippen LogP contribution in [0.3, 0.4) is 0 Å². The summed E-state index contributed by atoms with van der Waals surface area (Å²) in [6.45, 7) is 12.4. The van der Waals surface area contributed by atoms with E-state index >= 15 is 0 Å². The zero-order valence-corrected chi connectivity index (χ0v) is 16.3. The van der Waals surface area contributed by atoms with Gasteiger partial charge in [-0.3, -0.25) is 4.98 Å². The van der Waals surface area contributed by atoms with Crippen LogP contribution in [-0.2, 0) is 0 Å². The highest BCUT2D eigenvalue weighted by Crippen LogP contribution is 2.31. The van der Waals surface area contributed by atoms with Crippen molar-refractivity contribution >= 4 is 5.57 Å². The number of allylic oxidation sites excluding steroid dienone is 8. The van der Waals surface area contributed by atoms with Crippen molar-refractivity contribution in [1.29, 1.82) is 0 Å². The first-order chi connectivity index (χ1) is 13.1. The summed E-state index contributed by atoms with van der Waals surface area (Å²) in [5.74, 6) is 0.489. The van der Waals surface area contributed by atoms with Crippen LogP contribution < -0.4 is 0 Å². The summed E-state index contributed by atoms with van der Waals surface area (Å²) in [5.41, 5.74) is 8.40. The molecular weight excluding hydrogens is 326 g/mol. The van der Waals surface area contributed by atoms with Crippen LogP contribution in [0.5, 0.6) is 0 Å². The molecule has 1 aromatic carbocycles. The average Bonchev–Trinajstić information content (AvgIpc) is 2.69. The Bertz CT molecular complexity index is 923. The van der Waals surface area contributed by atoms with E-state index in [2.05, 4.69) is 80.5 Å². The molecular formula is C26H27N. The van der Waals surface area contributed by atoms with E-state index in [0.29, 0.717) is 5.92 Å². The van der Waals surface area contributed by atoms with Crippen LogP contribution in [0.1, 0.15) is 30.9 Å². The van der Waals surface area contributed by atoms with Gasteiger partial charge in [-0.15, -0.1) is 0 Å². The van der Waals surface area contributed by atoms with E-state index in [1.165, 1.54) is 27.8 Å². The van der Waals surface area contributed by atoms with Gasteiger partial charge in [-0.2, -0.15) is 0 Å². The maximum absolute atomic E-state index is 4.51. The third kappa shape index (κ3) is 4.62. The molecule has 0 amide bonds. The summed E-state index contributed by atoms with van der Waals surface area (Å²) in [5, 5.41) is 0. The van der Waals surface area contributed by atoms with E-state index in [1.54, 1.807) is 0 Å². The van der Waals surface area contributed by atoms with Gasteiger partial charge < -0.3 is 0 Å². The molecule has 136 valence electrons. The maximum atomic E-state index is 4.51. The van der Waals surface area contributed by atoms with Gasteiger partial charge in [-0.1, -0.05) is 73.9 Å². The van der Waals surface area contributed by atoms with Gasteiger partial charge >= 0.3 is 0 Å². The molecule has 1 nitrogen and oxygen atoms in total. The Labute approximate surface area is 163 Å². The Kier molecular flexibility index (Phi) is 6.03. The second kappa shape index (κ2) is 8.64. The Balaban J connectivity index is 1.72. The first-order valence-corrected chi connectivity index (χ1v) is 9.46. The van der Waals surface area contributed by atoms with Crippen molar-refractivity contribution in [3.63, 3.8) is 0 Å². The van der Waals surface area contributed by atoms with Gasteiger partial charge in [0, 0.05) is 11.8 Å². The average molecular weight is 354 g/mol. The van der Waals surface area contributed by atoms with Crippen LogP contribution in [0.25, 0.3) is 16.8 Å². The fraction of sp³-hybridized carbons (Fsp3) is 0.192. The number of aryl methyl sites for hydroxylation is 1. The summed E-state index contributed by atoms with van der Waals surface area (Å²) in [4.78, 5) is 4.51. The molecule has 0 spiro atoms. The quantitative estimate of drug-likeness (QED) is 0.505. The number of hydrogen-bond donors (Lipinski definition) is 0. The number of benzene rings is 1. The molecule has 0 N–H and O–H groups in total. The molecule has 27 heavy (non-hydrogen) atoms. The molecule has 1 unspecified atom stereocenters. The van der Waals surface area contributed by atoms with E-state index < -0.39 is 0 Å². The van der Waals surface area contributed by atoms with Crippen molar-refractivity contribution in [3.05, 3.63) is 108 Å². The molecule has 2 aromatic rings. The Morgan fingerprint density at radius 3 is 2.67 bits per heavy atom. The number of pyridine rings is 1. The summed E-state index contributed by atoms with van der Waals surface area (Å²) < 4.78 is 0. The minimum absolute atomic E-state index is 0.489. The lowest BCUT2D eigenvalue weighted by Crippen LogP contribution is -2.03. The standard InChI is InChI=1S/C26H27N/c1-5-6-9-25-18-22(11-10-19(25)2)17-21(4)23-12-14-24(15-13-23)26-20(3)8-7-16-27-26/h5-10,12-16,18,22H,1,4,11,17H2,2-3H3/b9-6-. The summed E-state index contributed by atoms with van der Waals surface area (Å²) in [6, 6.07) is 12.7. The van der Waals surface area contributed by atoms with Gasteiger partial charge in [0.2, 0.25) is 0 Å². The fourth-order valence-corrected chi connectivity index (χ4v) is 3.49. The molecule has 0 aliphatic heterocycles. The summed E-state index contributed by atoms with van der Waals surface area (Å²) >= 11 is 0. The van der Waals surface area contributed by atoms with Gasteiger partial charge in [0.1, 0.15) is 0 Å². The molecule has 1 aliphatic rings. The second-order valence-electron chi connectivity index (χ2n) is 7.15. The van der Waals surface area contributed by atoms with E-state index in [9.17, 15) is 0 Å².